The molecule has 170 valence electrons. The van der Waals surface area contributed by atoms with Crippen LogP contribution < -0.4 is 0 Å². The van der Waals surface area contributed by atoms with E-state index in [-0.39, 0.29) is 0 Å². The van der Waals surface area contributed by atoms with Crippen LogP contribution in [-0.4, -0.2) is 69.6 Å². The number of nitrogens with zero attached hydrogens (tertiary/aromatic N) is 4. The number of aromatic amines is 2. The van der Waals surface area contributed by atoms with Crippen molar-refractivity contribution in [2.75, 3.05) is 28.2 Å². The summed E-state index contributed by atoms with van der Waals surface area (Å²) in [5.41, 5.74) is 6.89. The van der Waals surface area contributed by atoms with Gasteiger partial charge in [0.05, 0.1) is 23.8 Å². The first-order chi connectivity index (χ1) is 16.3. The van der Waals surface area contributed by atoms with E-state index in [0.717, 1.165) is 55.7 Å². The lowest BCUT2D eigenvalue weighted by Crippen LogP contribution is -2.21. The summed E-state index contributed by atoms with van der Waals surface area (Å²) < 4.78 is 0. The zero-order valence-corrected chi connectivity index (χ0v) is 19.6. The second-order valence-corrected chi connectivity index (χ2v) is 8.74. The Labute approximate surface area is 197 Å². The van der Waals surface area contributed by atoms with Gasteiger partial charge in [-0.2, -0.15) is 0 Å². The number of H-pyrrole nitrogens is 2. The van der Waals surface area contributed by atoms with E-state index in [0.29, 0.717) is 11.7 Å². The number of nitrogens with one attached hydrogen (secondary N) is 4. The van der Waals surface area contributed by atoms with Gasteiger partial charge in [0.2, 0.25) is 0 Å². The van der Waals surface area contributed by atoms with E-state index >= 15 is 0 Å². The van der Waals surface area contributed by atoms with Crippen LogP contribution in [-0.2, 0) is 0 Å². The molecule has 8 heteroatoms. The number of hydrogen-bond donors (Lipinski definition) is 4. The molecule has 3 aromatic heterocycles. The molecule has 5 rings (SSSR count). The largest absolute Gasteiger partial charge is 0.363 e. The molecular formula is C26H26N8. The van der Waals surface area contributed by atoms with Gasteiger partial charge in [-0.25, -0.2) is 0 Å². The Hall–Kier alpha value is -4.46. The van der Waals surface area contributed by atoms with Crippen molar-refractivity contribution in [1.82, 2.24) is 29.7 Å². The van der Waals surface area contributed by atoms with Crippen LogP contribution in [0.4, 0.5) is 0 Å². The Morgan fingerprint density at radius 3 is 1.41 bits per heavy atom. The fourth-order valence-corrected chi connectivity index (χ4v) is 3.95. The van der Waals surface area contributed by atoms with Crippen LogP contribution in [0.25, 0.3) is 44.6 Å². The molecule has 3 heterocycles. The molecule has 5 aromatic rings. The van der Waals surface area contributed by atoms with Gasteiger partial charge < -0.3 is 19.8 Å². The Morgan fingerprint density at radius 1 is 0.647 bits per heavy atom. The second-order valence-electron chi connectivity index (χ2n) is 8.74. The van der Waals surface area contributed by atoms with Crippen LogP contribution in [0.3, 0.4) is 0 Å². The first kappa shape index (κ1) is 21.4. The summed E-state index contributed by atoms with van der Waals surface area (Å²) in [5, 5.41) is 18.5. The Kier molecular flexibility index (Phi) is 5.13. The topological polar surface area (TPSA) is 112 Å². The Bertz CT molecular complexity index is 1420. The zero-order valence-electron chi connectivity index (χ0n) is 19.6. The molecule has 0 radical (unpaired) electrons. The van der Waals surface area contributed by atoms with Gasteiger partial charge in [-0.3, -0.25) is 20.8 Å². The second kappa shape index (κ2) is 8.15. The van der Waals surface area contributed by atoms with Crippen LogP contribution in [0.2, 0.25) is 0 Å². The van der Waals surface area contributed by atoms with Crippen LogP contribution in [0.15, 0.2) is 60.9 Å². The van der Waals surface area contributed by atoms with Gasteiger partial charge in [0.25, 0.3) is 0 Å². The number of rotatable bonds is 4. The first-order valence-corrected chi connectivity index (χ1v) is 10.9. The molecule has 0 atom stereocenters. The number of fused-ring (bicyclic) bond motifs is 2. The van der Waals surface area contributed by atoms with Crippen LogP contribution in [0.1, 0.15) is 11.1 Å². The molecular weight excluding hydrogens is 424 g/mol. The molecule has 4 N–H and O–H groups in total. The standard InChI is InChI=1S/C26H26N8/c1-33(2)25(27)17-7-5-15-9-21(31-19(15)11-17)23-13-30-24(14-29-23)22-10-16-6-8-18(12-20(16)32-22)26(28)34(3)4/h5-14,27-28,31-32H,1-4H3. The summed E-state index contributed by atoms with van der Waals surface area (Å²) in [6, 6.07) is 16.0. The number of benzene rings is 2. The molecule has 0 saturated carbocycles. The summed E-state index contributed by atoms with van der Waals surface area (Å²) in [4.78, 5) is 19.7. The van der Waals surface area contributed by atoms with Crippen molar-refractivity contribution >= 4 is 33.5 Å². The number of aromatic nitrogens is 4. The third-order valence-electron chi connectivity index (χ3n) is 5.89. The first-order valence-electron chi connectivity index (χ1n) is 10.9. The average molecular weight is 451 g/mol. The maximum Gasteiger partial charge on any atom is 0.127 e. The van der Waals surface area contributed by atoms with Gasteiger partial charge in [0.1, 0.15) is 23.1 Å². The minimum Gasteiger partial charge on any atom is -0.363 e. The third-order valence-corrected chi connectivity index (χ3v) is 5.89. The zero-order chi connectivity index (χ0) is 24.0. The van der Waals surface area contributed by atoms with Crippen LogP contribution in [0.5, 0.6) is 0 Å². The predicted octanol–water partition coefficient (Wildman–Crippen LogP) is 4.55. The average Bonchev–Trinajstić information content (AvgIpc) is 3.46. The summed E-state index contributed by atoms with van der Waals surface area (Å²) >= 11 is 0. The van der Waals surface area contributed by atoms with Crippen molar-refractivity contribution in [1.29, 1.82) is 10.8 Å². The molecule has 0 spiro atoms. The number of hydrogen-bond acceptors (Lipinski definition) is 4. The van der Waals surface area contributed by atoms with E-state index in [1.165, 1.54) is 0 Å². The number of amidine groups is 2. The van der Waals surface area contributed by atoms with E-state index in [2.05, 4.69) is 19.9 Å². The minimum atomic E-state index is 0.464. The molecule has 0 aliphatic rings. The SMILES string of the molecule is CN(C)C(=N)c1ccc2cc(-c3cnc(-c4cc5ccc(C(=N)N(C)C)cc5[nH]4)cn3)[nH]c2c1. The third kappa shape index (κ3) is 3.79. The van der Waals surface area contributed by atoms with Crippen molar-refractivity contribution in [3.63, 3.8) is 0 Å². The van der Waals surface area contributed by atoms with Crippen LogP contribution >= 0.6 is 0 Å². The van der Waals surface area contributed by atoms with Crippen LogP contribution in [0, 0.1) is 10.8 Å². The van der Waals surface area contributed by atoms with Crippen molar-refractivity contribution in [3.8, 4) is 22.8 Å². The van der Waals surface area contributed by atoms with Gasteiger partial charge in [-0.05, 0) is 24.3 Å². The highest BCUT2D eigenvalue weighted by atomic mass is 15.1. The van der Waals surface area contributed by atoms with Gasteiger partial charge in [0, 0.05) is 61.1 Å². The lowest BCUT2D eigenvalue weighted by molar-refractivity contribution is 0.619. The van der Waals surface area contributed by atoms with E-state index in [1.54, 1.807) is 22.2 Å². The summed E-state index contributed by atoms with van der Waals surface area (Å²) in [7, 11) is 7.46. The van der Waals surface area contributed by atoms with Gasteiger partial charge in [0.15, 0.2) is 0 Å². The molecule has 2 aromatic carbocycles. The quantitative estimate of drug-likeness (QED) is 0.238. The molecule has 0 unspecified atom stereocenters. The summed E-state index contributed by atoms with van der Waals surface area (Å²) in [6.45, 7) is 0. The molecule has 0 bridgehead atoms. The smallest absolute Gasteiger partial charge is 0.127 e. The lowest BCUT2D eigenvalue weighted by Gasteiger charge is -2.13. The summed E-state index contributed by atoms with van der Waals surface area (Å²) in [6.07, 6.45) is 3.53. The fraction of sp³-hybridized carbons (Fsp3) is 0.154. The van der Waals surface area contributed by atoms with Gasteiger partial charge in [-0.1, -0.05) is 24.3 Å². The highest BCUT2D eigenvalue weighted by Crippen LogP contribution is 2.27. The fourth-order valence-electron chi connectivity index (χ4n) is 3.95. The molecule has 0 aliphatic heterocycles. The lowest BCUT2D eigenvalue weighted by atomic mass is 10.1. The van der Waals surface area contributed by atoms with Crippen molar-refractivity contribution in [3.05, 3.63) is 72.1 Å². The maximum absolute atomic E-state index is 8.20. The van der Waals surface area contributed by atoms with E-state index in [9.17, 15) is 0 Å². The van der Waals surface area contributed by atoms with Crippen molar-refractivity contribution in [2.45, 2.75) is 0 Å². The molecule has 8 nitrogen and oxygen atoms in total. The summed E-state index contributed by atoms with van der Waals surface area (Å²) in [5.74, 6) is 0.928. The molecule has 0 saturated heterocycles. The normalized spacial score (nSPS) is 11.2. The van der Waals surface area contributed by atoms with Gasteiger partial charge >= 0.3 is 0 Å². The molecule has 0 fully saturated rings. The molecule has 0 aliphatic carbocycles. The monoisotopic (exact) mass is 450 g/mol. The highest BCUT2D eigenvalue weighted by Gasteiger charge is 2.12. The van der Waals surface area contributed by atoms with Crippen molar-refractivity contribution in [2.24, 2.45) is 0 Å². The van der Waals surface area contributed by atoms with Crippen molar-refractivity contribution < 1.29 is 0 Å². The van der Waals surface area contributed by atoms with E-state index in [1.807, 2.05) is 76.7 Å². The Morgan fingerprint density at radius 2 is 1.06 bits per heavy atom. The maximum atomic E-state index is 8.20. The minimum absolute atomic E-state index is 0.464. The highest BCUT2D eigenvalue weighted by molar-refractivity contribution is 6.01. The molecule has 34 heavy (non-hydrogen) atoms. The van der Waals surface area contributed by atoms with Gasteiger partial charge in [-0.15, -0.1) is 0 Å². The Balaban J connectivity index is 1.43. The van der Waals surface area contributed by atoms with E-state index < -0.39 is 0 Å². The van der Waals surface area contributed by atoms with E-state index in [4.69, 9.17) is 10.8 Å². The molecule has 0 amide bonds. The predicted molar refractivity (Wildman–Crippen MR) is 138 cm³/mol.